The van der Waals surface area contributed by atoms with Crippen LogP contribution in [0, 0.1) is 13.8 Å². The molecule has 0 aliphatic rings. The number of phenols is 1. The summed E-state index contributed by atoms with van der Waals surface area (Å²) in [4.78, 5) is 36.7. The van der Waals surface area contributed by atoms with Gasteiger partial charge in [0.1, 0.15) is 23.0 Å². The Labute approximate surface area is 188 Å². The number of carboxylic acid groups (broad SMARTS) is 1. The average molecular weight is 449 g/mol. The summed E-state index contributed by atoms with van der Waals surface area (Å²) in [6.45, 7) is 3.73. The van der Waals surface area contributed by atoms with Gasteiger partial charge in [-0.2, -0.15) is 0 Å². The smallest absolute Gasteiger partial charge is 0.339 e. The number of fused-ring (bicyclic) bond motifs is 2. The Balaban J connectivity index is 1.50. The highest BCUT2D eigenvalue weighted by molar-refractivity contribution is 5.96. The highest BCUT2D eigenvalue weighted by Gasteiger charge is 2.21. The third-order valence-electron chi connectivity index (χ3n) is 5.79. The zero-order chi connectivity index (χ0) is 23.7. The molecule has 0 radical (unpaired) electrons. The van der Waals surface area contributed by atoms with Gasteiger partial charge in [-0.15, -0.1) is 0 Å². The third kappa shape index (κ3) is 4.59. The van der Waals surface area contributed by atoms with E-state index in [1.54, 1.807) is 31.4 Å². The van der Waals surface area contributed by atoms with Gasteiger partial charge < -0.3 is 24.4 Å². The predicted molar refractivity (Wildman–Crippen MR) is 121 cm³/mol. The minimum Gasteiger partial charge on any atom is -0.508 e. The first-order chi connectivity index (χ1) is 15.7. The van der Waals surface area contributed by atoms with Crippen LogP contribution in [-0.2, 0) is 22.4 Å². The highest BCUT2D eigenvalue weighted by atomic mass is 16.4. The molecule has 4 aromatic rings. The normalized spacial score (nSPS) is 12.2. The molecule has 4 rings (SSSR count). The number of benzene rings is 2. The van der Waals surface area contributed by atoms with Gasteiger partial charge in [0.25, 0.3) is 0 Å². The van der Waals surface area contributed by atoms with Gasteiger partial charge in [-0.05, 0) is 55.2 Å². The van der Waals surface area contributed by atoms with E-state index in [4.69, 9.17) is 8.83 Å². The number of nitrogens with one attached hydrogen (secondary N) is 1. The summed E-state index contributed by atoms with van der Waals surface area (Å²) in [6.07, 6.45) is 1.76. The topological polar surface area (TPSA) is 130 Å². The molecule has 0 aliphatic carbocycles. The molecule has 33 heavy (non-hydrogen) atoms. The van der Waals surface area contributed by atoms with Gasteiger partial charge in [-0.1, -0.05) is 12.1 Å². The van der Waals surface area contributed by atoms with Crippen molar-refractivity contribution in [3.05, 3.63) is 75.3 Å². The standard InChI is InChI=1S/C25H23NO7/c1-13-12-32-21-11-22-19(10-18(13)21)14(2)17(25(31)33-22)7-8-23(28)26-20(24(29)30)9-15-3-5-16(27)6-4-15/h3-6,10-12,20,27H,7-9H2,1-2H3,(H,26,28)(H,29,30). The summed E-state index contributed by atoms with van der Waals surface area (Å²) in [7, 11) is 0. The van der Waals surface area contributed by atoms with Gasteiger partial charge in [0.15, 0.2) is 0 Å². The van der Waals surface area contributed by atoms with E-state index in [0.717, 1.165) is 21.9 Å². The second-order valence-corrected chi connectivity index (χ2v) is 8.09. The lowest BCUT2D eigenvalue weighted by atomic mass is 10.0. The number of hydrogen-bond acceptors (Lipinski definition) is 6. The minimum atomic E-state index is -1.17. The molecule has 8 heteroatoms. The monoisotopic (exact) mass is 449 g/mol. The van der Waals surface area contributed by atoms with Crippen molar-refractivity contribution in [1.82, 2.24) is 5.32 Å². The van der Waals surface area contributed by atoms with E-state index in [0.29, 0.717) is 22.3 Å². The summed E-state index contributed by atoms with van der Waals surface area (Å²) in [5.74, 6) is -1.58. The largest absolute Gasteiger partial charge is 0.508 e. The quantitative estimate of drug-likeness (QED) is 0.368. The van der Waals surface area contributed by atoms with Crippen molar-refractivity contribution in [3.8, 4) is 5.75 Å². The van der Waals surface area contributed by atoms with Crippen LogP contribution in [0.15, 0.2) is 56.3 Å². The second-order valence-electron chi connectivity index (χ2n) is 8.09. The van der Waals surface area contributed by atoms with E-state index >= 15 is 0 Å². The molecule has 2 heterocycles. The van der Waals surface area contributed by atoms with E-state index in [1.165, 1.54) is 12.1 Å². The first-order valence-electron chi connectivity index (χ1n) is 10.5. The van der Waals surface area contributed by atoms with Crippen LogP contribution in [0.2, 0.25) is 0 Å². The number of carbonyl (C=O) groups is 2. The average Bonchev–Trinajstić information content (AvgIpc) is 3.13. The molecule has 0 aliphatic heterocycles. The molecule has 3 N–H and O–H groups in total. The van der Waals surface area contributed by atoms with Crippen molar-refractivity contribution in [2.75, 3.05) is 0 Å². The van der Waals surface area contributed by atoms with Crippen molar-refractivity contribution < 1.29 is 28.6 Å². The van der Waals surface area contributed by atoms with E-state index in [1.807, 2.05) is 13.0 Å². The highest BCUT2D eigenvalue weighted by Crippen LogP contribution is 2.29. The van der Waals surface area contributed by atoms with Crippen LogP contribution in [0.25, 0.3) is 21.9 Å². The zero-order valence-corrected chi connectivity index (χ0v) is 18.2. The van der Waals surface area contributed by atoms with Gasteiger partial charge >= 0.3 is 11.6 Å². The molecule has 0 fully saturated rings. The maximum atomic E-state index is 12.6. The molecular weight excluding hydrogens is 426 g/mol. The summed E-state index contributed by atoms with van der Waals surface area (Å²) >= 11 is 0. The van der Waals surface area contributed by atoms with Gasteiger partial charge in [-0.25, -0.2) is 9.59 Å². The molecule has 1 amide bonds. The fourth-order valence-corrected chi connectivity index (χ4v) is 3.90. The molecule has 1 atom stereocenters. The fourth-order valence-electron chi connectivity index (χ4n) is 3.90. The number of hydrogen-bond donors (Lipinski definition) is 3. The van der Waals surface area contributed by atoms with Gasteiger partial charge in [0, 0.05) is 35.2 Å². The lowest BCUT2D eigenvalue weighted by Gasteiger charge is -2.15. The fraction of sp³-hybridized carbons (Fsp3) is 0.240. The molecule has 0 saturated carbocycles. The first kappa shape index (κ1) is 22.1. The maximum Gasteiger partial charge on any atom is 0.339 e. The molecule has 0 saturated heterocycles. The summed E-state index contributed by atoms with van der Waals surface area (Å²) in [5.41, 5.74) is 3.22. The SMILES string of the molecule is Cc1coc2cc3oc(=O)c(CCC(=O)NC(Cc4ccc(O)cc4)C(=O)O)c(C)c3cc12. The number of amides is 1. The number of aromatic hydroxyl groups is 1. The number of carboxylic acids is 1. The van der Waals surface area contributed by atoms with Crippen molar-refractivity contribution in [1.29, 1.82) is 0 Å². The zero-order valence-electron chi connectivity index (χ0n) is 18.2. The molecule has 170 valence electrons. The number of carbonyl (C=O) groups excluding carboxylic acids is 1. The van der Waals surface area contributed by atoms with Crippen molar-refractivity contribution in [2.24, 2.45) is 0 Å². The third-order valence-corrected chi connectivity index (χ3v) is 5.79. The molecular formula is C25H23NO7. The Kier molecular flexibility index (Phi) is 5.91. The Morgan fingerprint density at radius 2 is 1.79 bits per heavy atom. The van der Waals surface area contributed by atoms with Gasteiger partial charge in [-0.3, -0.25) is 4.79 Å². The summed E-state index contributed by atoms with van der Waals surface area (Å²) < 4.78 is 10.9. The number of aryl methyl sites for hydroxylation is 2. The van der Waals surface area contributed by atoms with Gasteiger partial charge in [0.2, 0.25) is 5.91 Å². The number of aliphatic carboxylic acids is 1. The van der Waals surface area contributed by atoms with E-state index in [9.17, 15) is 24.6 Å². The lowest BCUT2D eigenvalue weighted by Crippen LogP contribution is -2.42. The Morgan fingerprint density at radius 1 is 1.06 bits per heavy atom. The number of furan rings is 1. The van der Waals surface area contributed by atoms with E-state index in [2.05, 4.69) is 5.32 Å². The predicted octanol–water partition coefficient (Wildman–Crippen LogP) is 3.61. The molecule has 1 unspecified atom stereocenters. The minimum absolute atomic E-state index is 0.0660. The van der Waals surface area contributed by atoms with Crippen LogP contribution in [-0.4, -0.2) is 28.1 Å². The molecule has 0 bridgehead atoms. The van der Waals surface area contributed by atoms with Crippen LogP contribution in [0.3, 0.4) is 0 Å². The molecule has 0 spiro atoms. The van der Waals surface area contributed by atoms with Crippen LogP contribution in [0.4, 0.5) is 0 Å². The van der Waals surface area contributed by atoms with Crippen LogP contribution in [0.1, 0.15) is 28.7 Å². The van der Waals surface area contributed by atoms with Crippen LogP contribution >= 0.6 is 0 Å². The summed E-state index contributed by atoms with van der Waals surface area (Å²) in [5, 5.41) is 23.0. The number of phenolic OH excluding ortho intramolecular Hbond substituents is 1. The molecule has 2 aromatic carbocycles. The van der Waals surface area contributed by atoms with Crippen LogP contribution < -0.4 is 10.9 Å². The maximum absolute atomic E-state index is 12.6. The second kappa shape index (κ2) is 8.82. The van der Waals surface area contributed by atoms with Gasteiger partial charge in [0.05, 0.1) is 6.26 Å². The van der Waals surface area contributed by atoms with Crippen molar-refractivity contribution in [2.45, 2.75) is 39.2 Å². The van der Waals surface area contributed by atoms with Crippen molar-refractivity contribution in [3.63, 3.8) is 0 Å². The Hall–Kier alpha value is -4.07. The van der Waals surface area contributed by atoms with E-state index in [-0.39, 0.29) is 25.0 Å². The lowest BCUT2D eigenvalue weighted by molar-refractivity contribution is -0.141. The summed E-state index contributed by atoms with van der Waals surface area (Å²) in [6, 6.07) is 8.56. The van der Waals surface area contributed by atoms with E-state index < -0.39 is 23.5 Å². The van der Waals surface area contributed by atoms with Crippen molar-refractivity contribution >= 4 is 33.8 Å². The Bertz CT molecular complexity index is 1410. The van der Waals surface area contributed by atoms with Crippen LogP contribution in [0.5, 0.6) is 5.75 Å². The first-order valence-corrected chi connectivity index (χ1v) is 10.5. The molecule has 2 aromatic heterocycles. The Morgan fingerprint density at radius 3 is 2.48 bits per heavy atom. The molecule has 8 nitrogen and oxygen atoms in total. The number of rotatable bonds is 7.